The number of nitrogens with two attached hydrogens (primary N) is 1. The lowest BCUT2D eigenvalue weighted by atomic mass is 10.0. The number of hydrogen-bond donors (Lipinski definition) is 1. The molecule has 5 nitrogen and oxygen atoms in total. The molecule has 0 radical (unpaired) electrons. The molecule has 26 heavy (non-hydrogen) atoms. The summed E-state index contributed by atoms with van der Waals surface area (Å²) in [4.78, 5) is 11.3. The summed E-state index contributed by atoms with van der Waals surface area (Å²) < 4.78 is 13.0. The molecule has 1 aliphatic rings. The van der Waals surface area contributed by atoms with Crippen LogP contribution < -0.4 is 10.6 Å². The third-order valence-corrected chi connectivity index (χ3v) is 4.73. The first-order chi connectivity index (χ1) is 11.9. The Hall–Kier alpha value is -1.09. The summed E-state index contributed by atoms with van der Waals surface area (Å²) >= 11 is 0. The Morgan fingerprint density at radius 1 is 1.15 bits per heavy atom. The minimum absolute atomic E-state index is 0. The third kappa shape index (κ3) is 6.90. The van der Waals surface area contributed by atoms with Gasteiger partial charge in [-0.05, 0) is 50.7 Å². The van der Waals surface area contributed by atoms with Crippen LogP contribution >= 0.6 is 24.0 Å². The fraction of sp³-hybridized carbons (Fsp3) is 0.632. The molecule has 1 heterocycles. The molecule has 1 fully saturated rings. The molecule has 7 heteroatoms. The van der Waals surface area contributed by atoms with E-state index < -0.39 is 0 Å². The maximum Gasteiger partial charge on any atom is 0.191 e. The number of guanidine groups is 1. The van der Waals surface area contributed by atoms with Crippen LogP contribution in [-0.2, 0) is 0 Å². The van der Waals surface area contributed by atoms with Crippen LogP contribution in [0.1, 0.15) is 20.3 Å². The van der Waals surface area contributed by atoms with E-state index in [0.717, 1.165) is 44.8 Å². The van der Waals surface area contributed by atoms with Gasteiger partial charge in [0.05, 0.1) is 6.54 Å². The highest BCUT2D eigenvalue weighted by Crippen LogP contribution is 2.17. The standard InChI is InChI=1S/C19H32FN5.HI/c1-15(2)13-18(23(3)4)14-22-19(21)25-11-9-24(10-12-25)17-7-5-16(20)6-8-17;/h5-8,15,18H,9-14H2,1-4H3,(H2,21,22);1H. The summed E-state index contributed by atoms with van der Waals surface area (Å²) in [5, 5.41) is 0. The van der Waals surface area contributed by atoms with E-state index in [4.69, 9.17) is 5.73 Å². The highest BCUT2D eigenvalue weighted by molar-refractivity contribution is 14.0. The van der Waals surface area contributed by atoms with Gasteiger partial charge in [-0.1, -0.05) is 13.8 Å². The Kier molecular flexibility index (Phi) is 9.63. The quantitative estimate of drug-likeness (QED) is 0.389. The van der Waals surface area contributed by atoms with Gasteiger partial charge in [-0.2, -0.15) is 0 Å². The van der Waals surface area contributed by atoms with Gasteiger partial charge in [-0.3, -0.25) is 4.99 Å². The Balaban J connectivity index is 0.00000338. The van der Waals surface area contributed by atoms with Gasteiger partial charge in [0.15, 0.2) is 5.96 Å². The highest BCUT2D eigenvalue weighted by Gasteiger charge is 2.19. The number of rotatable bonds is 6. The number of aliphatic imine (C=N–C) groups is 1. The van der Waals surface area contributed by atoms with Gasteiger partial charge >= 0.3 is 0 Å². The molecule has 0 spiro atoms. The first kappa shape index (κ1) is 23.0. The lowest BCUT2D eigenvalue weighted by Crippen LogP contribution is -2.51. The van der Waals surface area contributed by atoms with Crippen molar-refractivity contribution in [3.05, 3.63) is 30.1 Å². The predicted octanol–water partition coefficient (Wildman–Crippen LogP) is 2.86. The SMILES string of the molecule is CC(C)CC(CN=C(N)N1CCN(c2ccc(F)cc2)CC1)N(C)C.I. The minimum Gasteiger partial charge on any atom is -0.370 e. The van der Waals surface area contributed by atoms with Gasteiger partial charge in [0.1, 0.15) is 5.82 Å². The predicted molar refractivity (Wildman–Crippen MR) is 119 cm³/mol. The lowest BCUT2D eigenvalue weighted by molar-refractivity contribution is 0.260. The number of anilines is 1. The van der Waals surface area contributed by atoms with E-state index in [1.807, 2.05) is 12.1 Å². The monoisotopic (exact) mass is 477 g/mol. The van der Waals surface area contributed by atoms with Crippen molar-refractivity contribution in [1.82, 2.24) is 9.80 Å². The summed E-state index contributed by atoms with van der Waals surface area (Å²) in [5.41, 5.74) is 7.28. The number of benzene rings is 1. The van der Waals surface area contributed by atoms with E-state index in [2.05, 4.69) is 47.6 Å². The number of halogens is 2. The second-order valence-electron chi connectivity index (χ2n) is 7.40. The van der Waals surface area contributed by atoms with Crippen molar-refractivity contribution < 1.29 is 4.39 Å². The molecule has 2 rings (SSSR count). The number of hydrogen-bond acceptors (Lipinski definition) is 3. The zero-order chi connectivity index (χ0) is 18.4. The first-order valence-corrected chi connectivity index (χ1v) is 9.08. The zero-order valence-corrected chi connectivity index (χ0v) is 18.7. The summed E-state index contributed by atoms with van der Waals surface area (Å²) in [6.07, 6.45) is 1.11. The highest BCUT2D eigenvalue weighted by atomic mass is 127. The van der Waals surface area contributed by atoms with Crippen molar-refractivity contribution >= 4 is 35.6 Å². The molecule has 148 valence electrons. The maximum absolute atomic E-state index is 13.0. The van der Waals surface area contributed by atoms with Crippen LogP contribution in [0.15, 0.2) is 29.3 Å². The molecule has 0 saturated carbocycles. The number of piperazine rings is 1. The van der Waals surface area contributed by atoms with E-state index in [-0.39, 0.29) is 29.8 Å². The molecule has 1 aromatic rings. The Morgan fingerprint density at radius 3 is 2.23 bits per heavy atom. The summed E-state index contributed by atoms with van der Waals surface area (Å²) in [6, 6.07) is 7.09. The zero-order valence-electron chi connectivity index (χ0n) is 16.4. The topological polar surface area (TPSA) is 48.1 Å². The van der Waals surface area contributed by atoms with Crippen LogP contribution in [0, 0.1) is 11.7 Å². The molecule has 1 saturated heterocycles. The maximum atomic E-state index is 13.0. The van der Waals surface area contributed by atoms with Gasteiger partial charge in [0.2, 0.25) is 0 Å². The van der Waals surface area contributed by atoms with E-state index in [1.54, 1.807) is 0 Å². The van der Waals surface area contributed by atoms with E-state index in [0.29, 0.717) is 17.9 Å². The summed E-state index contributed by atoms with van der Waals surface area (Å²) in [7, 11) is 4.19. The van der Waals surface area contributed by atoms with Gasteiger partial charge < -0.3 is 20.4 Å². The third-order valence-electron chi connectivity index (χ3n) is 4.73. The van der Waals surface area contributed by atoms with Crippen LogP contribution in [0.25, 0.3) is 0 Å². The first-order valence-electron chi connectivity index (χ1n) is 9.08. The Morgan fingerprint density at radius 2 is 1.73 bits per heavy atom. The van der Waals surface area contributed by atoms with Crippen LogP contribution in [0.3, 0.4) is 0 Å². The summed E-state index contributed by atoms with van der Waals surface area (Å²) in [6.45, 7) is 8.61. The molecule has 0 aromatic heterocycles. The van der Waals surface area contributed by atoms with Crippen LogP contribution in [0.4, 0.5) is 10.1 Å². The average Bonchev–Trinajstić information content (AvgIpc) is 2.58. The van der Waals surface area contributed by atoms with Crippen molar-refractivity contribution in [2.75, 3.05) is 51.7 Å². The Labute approximate surface area is 174 Å². The van der Waals surface area contributed by atoms with Crippen LogP contribution in [0.2, 0.25) is 0 Å². The average molecular weight is 477 g/mol. The fourth-order valence-electron chi connectivity index (χ4n) is 3.14. The molecule has 0 amide bonds. The van der Waals surface area contributed by atoms with Crippen molar-refractivity contribution in [3.8, 4) is 0 Å². The summed E-state index contributed by atoms with van der Waals surface area (Å²) in [5.74, 6) is 1.08. The molecule has 2 N–H and O–H groups in total. The number of nitrogens with zero attached hydrogens (tertiary/aromatic N) is 4. The fourth-order valence-corrected chi connectivity index (χ4v) is 3.14. The smallest absolute Gasteiger partial charge is 0.191 e. The molecule has 1 aliphatic heterocycles. The molecular weight excluding hydrogens is 444 g/mol. The van der Waals surface area contributed by atoms with Crippen LogP contribution in [0.5, 0.6) is 0 Å². The second kappa shape index (κ2) is 10.9. The molecular formula is C19H33FIN5. The van der Waals surface area contributed by atoms with Crippen molar-refractivity contribution in [1.29, 1.82) is 0 Å². The van der Waals surface area contributed by atoms with Gasteiger partial charge in [-0.25, -0.2) is 4.39 Å². The largest absolute Gasteiger partial charge is 0.370 e. The normalized spacial score (nSPS) is 16.8. The second-order valence-corrected chi connectivity index (χ2v) is 7.40. The Bertz CT molecular complexity index is 554. The van der Waals surface area contributed by atoms with Gasteiger partial charge in [-0.15, -0.1) is 24.0 Å². The van der Waals surface area contributed by atoms with Crippen molar-refractivity contribution in [3.63, 3.8) is 0 Å². The van der Waals surface area contributed by atoms with Gasteiger partial charge in [0, 0.05) is 37.9 Å². The van der Waals surface area contributed by atoms with Crippen LogP contribution in [-0.4, -0.2) is 68.6 Å². The van der Waals surface area contributed by atoms with E-state index in [9.17, 15) is 4.39 Å². The molecule has 1 unspecified atom stereocenters. The molecule has 1 atom stereocenters. The van der Waals surface area contributed by atoms with Crippen molar-refractivity contribution in [2.24, 2.45) is 16.6 Å². The number of likely N-dealkylation sites (N-methyl/N-ethyl adjacent to an activating group) is 1. The lowest BCUT2D eigenvalue weighted by Gasteiger charge is -2.36. The minimum atomic E-state index is -0.199. The molecule has 0 aliphatic carbocycles. The molecule has 1 aromatic carbocycles. The molecule has 0 bridgehead atoms. The van der Waals surface area contributed by atoms with E-state index in [1.165, 1.54) is 12.1 Å². The van der Waals surface area contributed by atoms with Crippen molar-refractivity contribution in [2.45, 2.75) is 26.3 Å². The van der Waals surface area contributed by atoms with Gasteiger partial charge in [0.25, 0.3) is 0 Å². The van der Waals surface area contributed by atoms with E-state index >= 15 is 0 Å².